The van der Waals surface area contributed by atoms with Gasteiger partial charge in [0.25, 0.3) is 0 Å². The number of hydrogen-bond donors (Lipinski definition) is 2. The summed E-state index contributed by atoms with van der Waals surface area (Å²) in [6.07, 6.45) is 1.06. The second-order valence-electron chi connectivity index (χ2n) is 7.79. The number of ether oxygens (including phenoxy) is 1. The summed E-state index contributed by atoms with van der Waals surface area (Å²) in [5.74, 6) is 0.949. The van der Waals surface area contributed by atoms with Gasteiger partial charge in [-0.2, -0.15) is 0 Å². The fourth-order valence-electron chi connectivity index (χ4n) is 4.24. The molecule has 2 unspecified atom stereocenters. The van der Waals surface area contributed by atoms with Gasteiger partial charge in [0.1, 0.15) is 5.75 Å². The van der Waals surface area contributed by atoms with E-state index < -0.39 is 0 Å². The zero-order valence-corrected chi connectivity index (χ0v) is 17.0. The summed E-state index contributed by atoms with van der Waals surface area (Å²) in [4.78, 5) is 17.7. The van der Waals surface area contributed by atoms with E-state index in [9.17, 15) is 4.79 Å². The van der Waals surface area contributed by atoms with Crippen LogP contribution >= 0.6 is 0 Å². The van der Waals surface area contributed by atoms with Crippen LogP contribution in [0.1, 0.15) is 17.2 Å². The standard InChI is InChI=1S/C23H30N4O2/c1-29-20-9-5-8-19(16-20)22-21(17-24-25-22)23(28)27-14-12-26(13-15-27)11-10-18-6-3-2-4-7-18/h2-9,16,21-22,24-25H,10-15,17H2,1H3. The molecule has 0 aromatic heterocycles. The smallest absolute Gasteiger partial charge is 0.229 e. The molecule has 4 rings (SSSR count). The minimum atomic E-state index is -0.0991. The van der Waals surface area contributed by atoms with Crippen LogP contribution < -0.4 is 15.6 Å². The van der Waals surface area contributed by atoms with E-state index in [0.29, 0.717) is 6.54 Å². The van der Waals surface area contributed by atoms with Gasteiger partial charge in [0.15, 0.2) is 0 Å². The fraction of sp³-hybridized carbons (Fsp3) is 0.435. The maximum absolute atomic E-state index is 13.2. The van der Waals surface area contributed by atoms with Crippen molar-refractivity contribution < 1.29 is 9.53 Å². The lowest BCUT2D eigenvalue weighted by molar-refractivity contribution is -0.137. The number of methoxy groups -OCH3 is 1. The molecular formula is C23H30N4O2. The number of carbonyl (C=O) groups excluding carboxylic acids is 1. The number of hydrogen-bond acceptors (Lipinski definition) is 5. The molecule has 2 atom stereocenters. The largest absolute Gasteiger partial charge is 0.497 e. The molecule has 2 aromatic carbocycles. The van der Waals surface area contributed by atoms with Crippen LogP contribution in [0.15, 0.2) is 54.6 Å². The fourth-order valence-corrected chi connectivity index (χ4v) is 4.24. The van der Waals surface area contributed by atoms with Gasteiger partial charge in [0, 0.05) is 39.3 Å². The Morgan fingerprint density at radius 3 is 2.62 bits per heavy atom. The van der Waals surface area contributed by atoms with Gasteiger partial charge in [-0.1, -0.05) is 42.5 Å². The average Bonchev–Trinajstić information content (AvgIpc) is 3.28. The van der Waals surface area contributed by atoms with E-state index in [-0.39, 0.29) is 17.9 Å². The highest BCUT2D eigenvalue weighted by atomic mass is 16.5. The lowest BCUT2D eigenvalue weighted by Crippen LogP contribution is -2.51. The molecule has 0 saturated carbocycles. The van der Waals surface area contributed by atoms with Crippen molar-refractivity contribution in [2.24, 2.45) is 5.92 Å². The monoisotopic (exact) mass is 394 g/mol. The predicted octanol–water partition coefficient (Wildman–Crippen LogP) is 1.85. The van der Waals surface area contributed by atoms with E-state index in [2.05, 4.69) is 52.1 Å². The Balaban J connectivity index is 1.31. The van der Waals surface area contributed by atoms with Crippen molar-refractivity contribution in [3.8, 4) is 5.75 Å². The molecule has 2 saturated heterocycles. The average molecular weight is 395 g/mol. The Labute approximate surface area is 172 Å². The molecule has 2 aromatic rings. The lowest BCUT2D eigenvalue weighted by Gasteiger charge is -2.36. The maximum Gasteiger partial charge on any atom is 0.229 e. The molecule has 2 N–H and O–H groups in total. The van der Waals surface area contributed by atoms with Crippen molar-refractivity contribution in [2.75, 3.05) is 46.4 Å². The van der Waals surface area contributed by atoms with E-state index in [1.807, 2.05) is 23.1 Å². The third kappa shape index (κ3) is 4.78. The van der Waals surface area contributed by atoms with Crippen LogP contribution in [0.5, 0.6) is 5.75 Å². The normalized spacial score (nSPS) is 22.6. The summed E-state index contributed by atoms with van der Waals surface area (Å²) in [5.41, 5.74) is 8.90. The van der Waals surface area contributed by atoms with Crippen molar-refractivity contribution >= 4 is 5.91 Å². The molecule has 29 heavy (non-hydrogen) atoms. The molecule has 0 spiro atoms. The molecule has 6 heteroatoms. The molecule has 154 valence electrons. The summed E-state index contributed by atoms with van der Waals surface area (Å²) >= 11 is 0. The number of piperazine rings is 1. The molecule has 2 fully saturated rings. The summed E-state index contributed by atoms with van der Waals surface area (Å²) in [5, 5.41) is 0. The highest BCUT2D eigenvalue weighted by Crippen LogP contribution is 2.29. The van der Waals surface area contributed by atoms with Gasteiger partial charge in [0.2, 0.25) is 5.91 Å². The first kappa shape index (κ1) is 19.9. The minimum absolute atomic E-state index is 0.0336. The minimum Gasteiger partial charge on any atom is -0.497 e. The van der Waals surface area contributed by atoms with Crippen molar-refractivity contribution in [3.63, 3.8) is 0 Å². The Hall–Kier alpha value is -2.41. The molecule has 0 bridgehead atoms. The van der Waals surface area contributed by atoms with Crippen molar-refractivity contribution in [1.29, 1.82) is 0 Å². The summed E-state index contributed by atoms with van der Waals surface area (Å²) < 4.78 is 5.34. The van der Waals surface area contributed by atoms with Gasteiger partial charge in [-0.3, -0.25) is 15.1 Å². The van der Waals surface area contributed by atoms with Gasteiger partial charge >= 0.3 is 0 Å². The molecule has 1 amide bonds. The first-order chi connectivity index (χ1) is 14.2. The topological polar surface area (TPSA) is 56.8 Å². The van der Waals surface area contributed by atoms with Gasteiger partial charge in [-0.15, -0.1) is 0 Å². The van der Waals surface area contributed by atoms with Crippen LogP contribution in [0.4, 0.5) is 0 Å². The van der Waals surface area contributed by atoms with E-state index in [1.54, 1.807) is 7.11 Å². The molecule has 2 heterocycles. The van der Waals surface area contributed by atoms with E-state index >= 15 is 0 Å². The lowest BCUT2D eigenvalue weighted by atomic mass is 9.93. The van der Waals surface area contributed by atoms with E-state index in [4.69, 9.17) is 4.74 Å². The molecular weight excluding hydrogens is 364 g/mol. The van der Waals surface area contributed by atoms with Gasteiger partial charge in [-0.25, -0.2) is 5.43 Å². The van der Waals surface area contributed by atoms with Crippen LogP contribution in [-0.2, 0) is 11.2 Å². The second-order valence-corrected chi connectivity index (χ2v) is 7.79. The maximum atomic E-state index is 13.2. The predicted molar refractivity (Wildman–Crippen MR) is 114 cm³/mol. The highest BCUT2D eigenvalue weighted by molar-refractivity contribution is 5.80. The van der Waals surface area contributed by atoms with Crippen molar-refractivity contribution in [1.82, 2.24) is 20.7 Å². The summed E-state index contributed by atoms with van der Waals surface area (Å²) in [6.45, 7) is 5.18. The van der Waals surface area contributed by atoms with Crippen molar-refractivity contribution in [2.45, 2.75) is 12.5 Å². The van der Waals surface area contributed by atoms with Crippen LogP contribution in [0.25, 0.3) is 0 Å². The number of amides is 1. The third-order valence-electron chi connectivity index (χ3n) is 6.00. The van der Waals surface area contributed by atoms with Crippen LogP contribution in [0.2, 0.25) is 0 Å². The zero-order chi connectivity index (χ0) is 20.1. The quantitative estimate of drug-likeness (QED) is 0.783. The van der Waals surface area contributed by atoms with Crippen molar-refractivity contribution in [3.05, 3.63) is 65.7 Å². The number of rotatable bonds is 6. The highest BCUT2D eigenvalue weighted by Gasteiger charge is 2.37. The molecule has 2 aliphatic rings. The Morgan fingerprint density at radius 1 is 1.07 bits per heavy atom. The number of benzene rings is 2. The van der Waals surface area contributed by atoms with Crippen LogP contribution in [-0.4, -0.2) is 62.1 Å². The summed E-state index contributed by atoms with van der Waals surface area (Å²) in [6, 6.07) is 18.5. The zero-order valence-electron chi connectivity index (χ0n) is 17.0. The SMILES string of the molecule is COc1cccc(C2NNCC2C(=O)N2CCN(CCc3ccccc3)CC2)c1. The molecule has 6 nitrogen and oxygen atoms in total. The summed E-state index contributed by atoms with van der Waals surface area (Å²) in [7, 11) is 1.67. The number of nitrogens with zero attached hydrogens (tertiary/aromatic N) is 2. The first-order valence-electron chi connectivity index (χ1n) is 10.4. The van der Waals surface area contributed by atoms with Gasteiger partial charge in [-0.05, 0) is 29.7 Å². The molecule has 0 aliphatic carbocycles. The Bertz CT molecular complexity index is 806. The van der Waals surface area contributed by atoms with Crippen LogP contribution in [0.3, 0.4) is 0 Å². The Kier molecular flexibility index (Phi) is 6.44. The Morgan fingerprint density at radius 2 is 1.86 bits per heavy atom. The van der Waals surface area contributed by atoms with E-state index in [0.717, 1.165) is 50.5 Å². The number of hydrazine groups is 1. The first-order valence-corrected chi connectivity index (χ1v) is 10.4. The molecule has 0 radical (unpaired) electrons. The second kappa shape index (κ2) is 9.39. The van der Waals surface area contributed by atoms with Crippen LogP contribution in [0, 0.1) is 5.92 Å². The van der Waals surface area contributed by atoms with E-state index in [1.165, 1.54) is 5.56 Å². The van der Waals surface area contributed by atoms with Gasteiger partial charge in [0.05, 0.1) is 19.1 Å². The van der Waals surface area contributed by atoms with Gasteiger partial charge < -0.3 is 9.64 Å². The number of carbonyl (C=O) groups is 1. The number of nitrogens with one attached hydrogen (secondary N) is 2. The molecule has 2 aliphatic heterocycles. The third-order valence-corrected chi connectivity index (χ3v) is 6.00.